The molecule has 0 spiro atoms. The van der Waals surface area contributed by atoms with Crippen molar-refractivity contribution in [2.45, 2.75) is 13.3 Å². The Morgan fingerprint density at radius 3 is 2.52 bits per heavy atom. The molecule has 0 bridgehead atoms. The van der Waals surface area contributed by atoms with Crippen molar-refractivity contribution in [2.24, 2.45) is 0 Å². The van der Waals surface area contributed by atoms with Crippen molar-refractivity contribution >= 4 is 11.6 Å². The van der Waals surface area contributed by atoms with Crippen LogP contribution in [0.3, 0.4) is 0 Å². The van der Waals surface area contributed by atoms with Gasteiger partial charge in [0.25, 0.3) is 5.91 Å². The number of nitrogens with zero attached hydrogens (tertiary/aromatic N) is 2. The van der Waals surface area contributed by atoms with Crippen LogP contribution in [-0.4, -0.2) is 28.8 Å². The first-order chi connectivity index (χ1) is 10.8. The number of nitrogens with one attached hydrogen (secondary N) is 1. The average Bonchev–Trinajstić information content (AvgIpc) is 2.46. The highest BCUT2D eigenvalue weighted by atomic mass is 19.4. The van der Waals surface area contributed by atoms with Crippen molar-refractivity contribution in [3.05, 3.63) is 42.2 Å². The number of alkyl halides is 3. The third-order valence-corrected chi connectivity index (χ3v) is 2.48. The van der Waals surface area contributed by atoms with E-state index in [2.05, 4.69) is 20.0 Å². The molecular weight excluding hydrogens is 315 g/mol. The number of halogens is 3. The van der Waals surface area contributed by atoms with Gasteiger partial charge in [-0.3, -0.25) is 4.79 Å². The second kappa shape index (κ2) is 6.95. The summed E-state index contributed by atoms with van der Waals surface area (Å²) in [6.45, 7) is 1.42. The fourth-order valence-electron chi connectivity index (χ4n) is 1.56. The Labute approximate surface area is 129 Å². The minimum atomic E-state index is -4.76. The average molecular weight is 327 g/mol. The predicted molar refractivity (Wildman–Crippen MR) is 74.0 cm³/mol. The largest absolute Gasteiger partial charge is 0.573 e. The van der Waals surface area contributed by atoms with Crippen LogP contribution in [0, 0.1) is 6.92 Å². The maximum absolute atomic E-state index is 12.0. The number of aromatic nitrogens is 2. The summed E-state index contributed by atoms with van der Waals surface area (Å²) in [6.07, 6.45) is -3.26. The molecule has 1 aromatic carbocycles. The van der Waals surface area contributed by atoms with E-state index in [-0.39, 0.29) is 18.4 Å². The van der Waals surface area contributed by atoms with Crippen LogP contribution in [0.5, 0.6) is 11.8 Å². The lowest BCUT2D eigenvalue weighted by Gasteiger charge is -2.10. The zero-order valence-corrected chi connectivity index (χ0v) is 11.9. The first kappa shape index (κ1) is 16.5. The summed E-state index contributed by atoms with van der Waals surface area (Å²) in [5, 5.41) is 2.46. The topological polar surface area (TPSA) is 73.3 Å². The number of hydrogen-bond donors (Lipinski definition) is 1. The van der Waals surface area contributed by atoms with E-state index in [9.17, 15) is 18.0 Å². The molecule has 0 aliphatic heterocycles. The van der Waals surface area contributed by atoms with Crippen molar-refractivity contribution in [3.63, 3.8) is 0 Å². The normalized spacial score (nSPS) is 11.0. The van der Waals surface area contributed by atoms with Crippen LogP contribution >= 0.6 is 0 Å². The van der Waals surface area contributed by atoms with Crippen LogP contribution in [0.4, 0.5) is 18.9 Å². The second-order valence-electron chi connectivity index (χ2n) is 4.39. The number of benzene rings is 1. The van der Waals surface area contributed by atoms with E-state index < -0.39 is 12.3 Å². The van der Waals surface area contributed by atoms with E-state index in [1.54, 1.807) is 13.0 Å². The molecule has 0 aliphatic carbocycles. The Hall–Kier alpha value is -2.84. The third kappa shape index (κ3) is 5.81. The summed E-state index contributed by atoms with van der Waals surface area (Å²) >= 11 is 0. The minimum absolute atomic E-state index is 0.0640. The first-order valence-electron chi connectivity index (χ1n) is 6.40. The molecule has 0 atom stereocenters. The van der Waals surface area contributed by atoms with Crippen molar-refractivity contribution in [3.8, 4) is 11.8 Å². The zero-order valence-electron chi connectivity index (χ0n) is 11.9. The van der Waals surface area contributed by atoms with Gasteiger partial charge in [-0.05, 0) is 37.3 Å². The van der Waals surface area contributed by atoms with E-state index in [4.69, 9.17) is 4.74 Å². The van der Waals surface area contributed by atoms with E-state index in [1.165, 1.54) is 18.3 Å². The molecule has 0 saturated heterocycles. The summed E-state index contributed by atoms with van der Waals surface area (Å²) in [5.74, 6) is -0.875. The molecule has 0 fully saturated rings. The van der Waals surface area contributed by atoms with Gasteiger partial charge in [0.1, 0.15) is 5.75 Å². The number of anilines is 1. The van der Waals surface area contributed by atoms with Gasteiger partial charge in [0.2, 0.25) is 0 Å². The van der Waals surface area contributed by atoms with Crippen LogP contribution in [0.2, 0.25) is 0 Å². The SMILES string of the molecule is Cc1ccnc(OCC(=O)Nc2ccc(OC(F)(F)F)cc2)n1. The molecule has 0 saturated carbocycles. The molecule has 9 heteroatoms. The Bertz CT molecular complexity index is 675. The number of hydrogen-bond acceptors (Lipinski definition) is 5. The predicted octanol–water partition coefficient (Wildman–Crippen LogP) is 2.70. The summed E-state index contributed by atoms with van der Waals surface area (Å²) in [6, 6.07) is 6.48. The van der Waals surface area contributed by atoms with Gasteiger partial charge in [-0.15, -0.1) is 13.2 Å². The molecule has 2 aromatic rings. The zero-order chi connectivity index (χ0) is 16.9. The molecule has 1 N–H and O–H groups in total. The Morgan fingerprint density at radius 1 is 1.22 bits per heavy atom. The van der Waals surface area contributed by atoms with E-state index >= 15 is 0 Å². The summed E-state index contributed by atoms with van der Waals surface area (Å²) in [7, 11) is 0. The molecule has 2 rings (SSSR count). The summed E-state index contributed by atoms with van der Waals surface area (Å²) in [5.41, 5.74) is 0.994. The van der Waals surface area contributed by atoms with Gasteiger partial charge in [-0.1, -0.05) is 0 Å². The van der Waals surface area contributed by atoms with Crippen LogP contribution < -0.4 is 14.8 Å². The van der Waals surface area contributed by atoms with Gasteiger partial charge < -0.3 is 14.8 Å². The summed E-state index contributed by atoms with van der Waals surface area (Å²) in [4.78, 5) is 19.5. The van der Waals surface area contributed by atoms with Crippen molar-refractivity contribution in [1.82, 2.24) is 9.97 Å². The monoisotopic (exact) mass is 327 g/mol. The Kier molecular flexibility index (Phi) is 4.99. The van der Waals surface area contributed by atoms with Gasteiger partial charge in [-0.2, -0.15) is 0 Å². The number of carbonyl (C=O) groups is 1. The molecular formula is C14H12F3N3O3. The smallest absolute Gasteiger partial charge is 0.453 e. The molecule has 1 heterocycles. The molecule has 1 aromatic heterocycles. The number of ether oxygens (including phenoxy) is 2. The molecule has 6 nitrogen and oxygen atoms in total. The molecule has 122 valence electrons. The van der Waals surface area contributed by atoms with Crippen LogP contribution in [-0.2, 0) is 4.79 Å². The lowest BCUT2D eigenvalue weighted by molar-refractivity contribution is -0.274. The quantitative estimate of drug-likeness (QED) is 0.914. The van der Waals surface area contributed by atoms with Crippen molar-refractivity contribution in [1.29, 1.82) is 0 Å². The fourth-order valence-corrected chi connectivity index (χ4v) is 1.56. The third-order valence-electron chi connectivity index (χ3n) is 2.48. The fraction of sp³-hybridized carbons (Fsp3) is 0.214. The van der Waals surface area contributed by atoms with E-state index in [0.717, 1.165) is 12.1 Å². The highest BCUT2D eigenvalue weighted by Gasteiger charge is 2.30. The lowest BCUT2D eigenvalue weighted by Crippen LogP contribution is -2.21. The van der Waals surface area contributed by atoms with E-state index in [0.29, 0.717) is 11.4 Å². The van der Waals surface area contributed by atoms with Crippen molar-refractivity contribution in [2.75, 3.05) is 11.9 Å². The van der Waals surface area contributed by atoms with Gasteiger partial charge in [0.15, 0.2) is 6.61 Å². The molecule has 1 amide bonds. The minimum Gasteiger partial charge on any atom is -0.453 e. The maximum Gasteiger partial charge on any atom is 0.573 e. The highest BCUT2D eigenvalue weighted by Crippen LogP contribution is 2.23. The van der Waals surface area contributed by atoms with Crippen LogP contribution in [0.15, 0.2) is 36.5 Å². The van der Waals surface area contributed by atoms with Crippen molar-refractivity contribution < 1.29 is 27.4 Å². The Morgan fingerprint density at radius 2 is 1.91 bits per heavy atom. The molecule has 0 aliphatic rings. The second-order valence-corrected chi connectivity index (χ2v) is 4.39. The standard InChI is InChI=1S/C14H12F3N3O3/c1-9-6-7-18-13(19-9)22-8-12(21)20-10-2-4-11(5-3-10)23-14(15,16)17/h2-7H,8H2,1H3,(H,20,21). The number of rotatable bonds is 5. The maximum atomic E-state index is 12.0. The summed E-state index contributed by atoms with van der Waals surface area (Å²) < 4.78 is 44.9. The van der Waals surface area contributed by atoms with Crippen LogP contribution in [0.1, 0.15) is 5.69 Å². The van der Waals surface area contributed by atoms with E-state index in [1.807, 2.05) is 0 Å². The van der Waals surface area contributed by atoms with Gasteiger partial charge in [0.05, 0.1) is 0 Å². The molecule has 0 unspecified atom stereocenters. The first-order valence-corrected chi connectivity index (χ1v) is 6.40. The highest BCUT2D eigenvalue weighted by molar-refractivity contribution is 5.91. The molecule has 23 heavy (non-hydrogen) atoms. The van der Waals surface area contributed by atoms with Gasteiger partial charge in [0, 0.05) is 17.6 Å². The van der Waals surface area contributed by atoms with Gasteiger partial charge >= 0.3 is 12.4 Å². The number of carbonyl (C=O) groups excluding carboxylic acids is 1. The van der Waals surface area contributed by atoms with Crippen LogP contribution in [0.25, 0.3) is 0 Å². The number of aryl methyl sites for hydroxylation is 1. The molecule has 0 radical (unpaired) electrons. The Balaban J connectivity index is 1.85. The van der Waals surface area contributed by atoms with Gasteiger partial charge in [-0.25, -0.2) is 9.97 Å². The number of amides is 1. The lowest BCUT2D eigenvalue weighted by atomic mass is 10.3.